The van der Waals surface area contributed by atoms with Crippen molar-refractivity contribution in [2.24, 2.45) is 7.05 Å². The third-order valence-electron chi connectivity index (χ3n) is 3.60. The Kier molecular flexibility index (Phi) is 5.65. The standard InChI is InChI=1S/C16H22ClN3O/c1-19(12-16-18-11-15(17)20(16)2)10-4-5-13-6-8-14(21-3)9-7-13/h6-9,11H,4-5,10,12H2,1-3H3. The molecule has 0 aliphatic heterocycles. The molecule has 21 heavy (non-hydrogen) atoms. The normalized spacial score (nSPS) is 11.1. The molecule has 2 rings (SSSR count). The number of rotatable bonds is 7. The van der Waals surface area contributed by atoms with Crippen molar-refractivity contribution in [2.45, 2.75) is 19.4 Å². The van der Waals surface area contributed by atoms with Crippen molar-refractivity contribution < 1.29 is 4.74 Å². The molecule has 0 aliphatic rings. The molecule has 0 aliphatic carbocycles. The van der Waals surface area contributed by atoms with E-state index in [4.69, 9.17) is 16.3 Å². The van der Waals surface area contributed by atoms with E-state index in [-0.39, 0.29) is 0 Å². The van der Waals surface area contributed by atoms with E-state index in [1.165, 1.54) is 5.56 Å². The van der Waals surface area contributed by atoms with Crippen molar-refractivity contribution in [1.29, 1.82) is 0 Å². The molecule has 0 radical (unpaired) electrons. The lowest BCUT2D eigenvalue weighted by Crippen LogP contribution is -2.21. The fraction of sp³-hybridized carbons (Fsp3) is 0.438. The quantitative estimate of drug-likeness (QED) is 0.787. The van der Waals surface area contributed by atoms with Crippen LogP contribution in [0.25, 0.3) is 0 Å². The smallest absolute Gasteiger partial charge is 0.128 e. The highest BCUT2D eigenvalue weighted by molar-refractivity contribution is 6.29. The molecular formula is C16H22ClN3O. The second kappa shape index (κ2) is 7.48. The van der Waals surface area contributed by atoms with Crippen LogP contribution in [0.3, 0.4) is 0 Å². The Morgan fingerprint density at radius 3 is 2.57 bits per heavy atom. The SMILES string of the molecule is COc1ccc(CCCN(C)Cc2ncc(Cl)n2C)cc1. The summed E-state index contributed by atoms with van der Waals surface area (Å²) < 4.78 is 7.08. The first-order chi connectivity index (χ1) is 10.1. The molecule has 0 saturated heterocycles. The first-order valence-corrected chi connectivity index (χ1v) is 7.45. The molecule has 5 heteroatoms. The van der Waals surface area contributed by atoms with E-state index in [0.29, 0.717) is 5.15 Å². The molecular weight excluding hydrogens is 286 g/mol. The number of methoxy groups -OCH3 is 1. The Bertz CT molecular complexity index is 565. The van der Waals surface area contributed by atoms with E-state index in [1.54, 1.807) is 13.3 Å². The van der Waals surface area contributed by atoms with E-state index < -0.39 is 0 Å². The van der Waals surface area contributed by atoms with Gasteiger partial charge in [-0.2, -0.15) is 0 Å². The van der Waals surface area contributed by atoms with Crippen molar-refractivity contribution in [3.05, 3.63) is 47.0 Å². The van der Waals surface area contributed by atoms with Crippen molar-refractivity contribution >= 4 is 11.6 Å². The van der Waals surface area contributed by atoms with Gasteiger partial charge in [-0.25, -0.2) is 4.98 Å². The van der Waals surface area contributed by atoms with Crippen molar-refractivity contribution in [3.8, 4) is 5.75 Å². The molecule has 1 aromatic heterocycles. The van der Waals surface area contributed by atoms with Gasteiger partial charge < -0.3 is 9.30 Å². The maximum Gasteiger partial charge on any atom is 0.128 e. The van der Waals surface area contributed by atoms with E-state index in [1.807, 2.05) is 23.7 Å². The monoisotopic (exact) mass is 307 g/mol. The Morgan fingerprint density at radius 2 is 2.00 bits per heavy atom. The van der Waals surface area contributed by atoms with Gasteiger partial charge in [0, 0.05) is 7.05 Å². The summed E-state index contributed by atoms with van der Waals surface area (Å²) >= 11 is 5.99. The second-order valence-corrected chi connectivity index (χ2v) is 5.63. The van der Waals surface area contributed by atoms with Gasteiger partial charge in [0.1, 0.15) is 16.7 Å². The highest BCUT2D eigenvalue weighted by atomic mass is 35.5. The van der Waals surface area contributed by atoms with Gasteiger partial charge in [-0.05, 0) is 44.1 Å². The maximum atomic E-state index is 5.99. The fourth-order valence-corrected chi connectivity index (χ4v) is 2.38. The predicted molar refractivity (Wildman–Crippen MR) is 85.9 cm³/mol. The summed E-state index contributed by atoms with van der Waals surface area (Å²) in [6.45, 7) is 1.84. The topological polar surface area (TPSA) is 30.3 Å². The zero-order chi connectivity index (χ0) is 15.2. The minimum atomic E-state index is 0.677. The summed E-state index contributed by atoms with van der Waals surface area (Å²) in [5, 5.41) is 0.677. The molecule has 0 amide bonds. The van der Waals surface area contributed by atoms with E-state index in [9.17, 15) is 0 Å². The molecule has 1 aromatic carbocycles. The molecule has 0 bridgehead atoms. The summed E-state index contributed by atoms with van der Waals surface area (Å²) in [7, 11) is 5.74. The van der Waals surface area contributed by atoms with Gasteiger partial charge in [-0.3, -0.25) is 4.90 Å². The minimum absolute atomic E-state index is 0.677. The summed E-state index contributed by atoms with van der Waals surface area (Å²) in [6.07, 6.45) is 3.87. The number of halogens is 1. The van der Waals surface area contributed by atoms with E-state index in [0.717, 1.165) is 37.5 Å². The summed E-state index contributed by atoms with van der Waals surface area (Å²) in [6, 6.07) is 8.26. The summed E-state index contributed by atoms with van der Waals surface area (Å²) in [5.74, 6) is 1.90. The minimum Gasteiger partial charge on any atom is -0.497 e. The Labute approximate surface area is 131 Å². The third-order valence-corrected chi connectivity index (χ3v) is 3.95. The largest absolute Gasteiger partial charge is 0.497 e. The van der Waals surface area contributed by atoms with Gasteiger partial charge in [-0.1, -0.05) is 23.7 Å². The number of benzene rings is 1. The zero-order valence-corrected chi connectivity index (χ0v) is 13.6. The second-order valence-electron chi connectivity index (χ2n) is 5.25. The summed E-state index contributed by atoms with van der Waals surface area (Å²) in [4.78, 5) is 6.58. The average molecular weight is 308 g/mol. The number of hydrogen-bond acceptors (Lipinski definition) is 3. The molecule has 0 atom stereocenters. The number of aryl methyl sites for hydroxylation is 1. The number of imidazole rings is 1. The average Bonchev–Trinajstić information content (AvgIpc) is 2.80. The van der Waals surface area contributed by atoms with Gasteiger partial charge in [-0.15, -0.1) is 0 Å². The third kappa shape index (κ3) is 4.48. The lowest BCUT2D eigenvalue weighted by Gasteiger charge is -2.16. The molecule has 4 nitrogen and oxygen atoms in total. The van der Waals surface area contributed by atoms with Crippen LogP contribution in [-0.4, -0.2) is 35.2 Å². The van der Waals surface area contributed by atoms with Crippen LogP contribution < -0.4 is 4.74 Å². The van der Waals surface area contributed by atoms with Crippen LogP contribution in [0, 0.1) is 0 Å². The Balaban J connectivity index is 1.76. The van der Waals surface area contributed by atoms with Crippen LogP contribution in [0.5, 0.6) is 5.75 Å². The Hall–Kier alpha value is -1.52. The van der Waals surface area contributed by atoms with Crippen molar-refractivity contribution in [2.75, 3.05) is 20.7 Å². The first kappa shape index (κ1) is 15.9. The van der Waals surface area contributed by atoms with Crippen LogP contribution in [0.15, 0.2) is 30.5 Å². The number of hydrogen-bond donors (Lipinski definition) is 0. The molecule has 0 N–H and O–H groups in total. The van der Waals surface area contributed by atoms with Crippen molar-refractivity contribution in [3.63, 3.8) is 0 Å². The van der Waals surface area contributed by atoms with E-state index in [2.05, 4.69) is 29.1 Å². The maximum absolute atomic E-state index is 5.99. The lowest BCUT2D eigenvalue weighted by molar-refractivity contribution is 0.310. The highest BCUT2D eigenvalue weighted by Gasteiger charge is 2.07. The first-order valence-electron chi connectivity index (χ1n) is 7.07. The molecule has 2 aromatic rings. The van der Waals surface area contributed by atoms with Gasteiger partial charge in [0.15, 0.2) is 0 Å². The van der Waals surface area contributed by atoms with Crippen molar-refractivity contribution in [1.82, 2.24) is 14.5 Å². The molecule has 0 fully saturated rings. The lowest BCUT2D eigenvalue weighted by atomic mass is 10.1. The van der Waals surface area contributed by atoms with E-state index >= 15 is 0 Å². The van der Waals surface area contributed by atoms with Gasteiger partial charge in [0.2, 0.25) is 0 Å². The number of aromatic nitrogens is 2. The number of nitrogens with zero attached hydrogens (tertiary/aromatic N) is 3. The molecule has 0 unspecified atom stereocenters. The highest BCUT2D eigenvalue weighted by Crippen LogP contribution is 2.13. The molecule has 114 valence electrons. The molecule has 1 heterocycles. The molecule has 0 saturated carbocycles. The van der Waals surface area contributed by atoms with Gasteiger partial charge >= 0.3 is 0 Å². The molecule has 0 spiro atoms. The number of ether oxygens (including phenoxy) is 1. The van der Waals surface area contributed by atoms with Crippen LogP contribution in [0.1, 0.15) is 17.8 Å². The van der Waals surface area contributed by atoms with Gasteiger partial charge in [0.25, 0.3) is 0 Å². The van der Waals surface area contributed by atoms with Crippen LogP contribution in [0.4, 0.5) is 0 Å². The van der Waals surface area contributed by atoms with Crippen LogP contribution in [0.2, 0.25) is 5.15 Å². The zero-order valence-electron chi connectivity index (χ0n) is 12.8. The predicted octanol–water partition coefficient (Wildman–Crippen LogP) is 3.15. The summed E-state index contributed by atoms with van der Waals surface area (Å²) in [5.41, 5.74) is 1.34. The fourth-order valence-electron chi connectivity index (χ4n) is 2.24. The van der Waals surface area contributed by atoms with Crippen LogP contribution >= 0.6 is 11.6 Å². The van der Waals surface area contributed by atoms with Gasteiger partial charge in [0.05, 0.1) is 19.9 Å². The van der Waals surface area contributed by atoms with Crippen LogP contribution in [-0.2, 0) is 20.0 Å². The Morgan fingerprint density at radius 1 is 1.29 bits per heavy atom.